The molecule has 0 bridgehead atoms. The van der Waals surface area contributed by atoms with Gasteiger partial charge >= 0.3 is 6.18 Å². The second kappa shape index (κ2) is 5.35. The van der Waals surface area contributed by atoms with Gasteiger partial charge in [0.05, 0.1) is 6.42 Å². The van der Waals surface area contributed by atoms with Gasteiger partial charge in [-0.2, -0.15) is 13.2 Å². The van der Waals surface area contributed by atoms with Crippen molar-refractivity contribution in [3.8, 4) is 0 Å². The van der Waals surface area contributed by atoms with E-state index in [9.17, 15) is 18.0 Å². The zero-order chi connectivity index (χ0) is 13.1. The number of amides is 1. The number of hydrogen-bond acceptors (Lipinski definition) is 2. The van der Waals surface area contributed by atoms with Gasteiger partial charge < -0.3 is 5.32 Å². The van der Waals surface area contributed by atoms with Crippen molar-refractivity contribution < 1.29 is 18.0 Å². The Morgan fingerprint density at radius 2 is 2.12 bits per heavy atom. The summed E-state index contributed by atoms with van der Waals surface area (Å²) in [4.78, 5) is 15.3. The number of alkyl halides is 3. The minimum absolute atomic E-state index is 0.131. The van der Waals surface area contributed by atoms with Gasteiger partial charge in [-0.3, -0.25) is 4.79 Å². The molecule has 94 valence electrons. The van der Waals surface area contributed by atoms with Crippen molar-refractivity contribution in [2.45, 2.75) is 19.5 Å². The molecule has 0 radical (unpaired) electrons. The average Bonchev–Trinajstić information content (AvgIpc) is 2.13. The molecule has 0 saturated carbocycles. The van der Waals surface area contributed by atoms with Crippen LogP contribution in [0.1, 0.15) is 22.5 Å². The van der Waals surface area contributed by atoms with Gasteiger partial charge in [0.1, 0.15) is 5.15 Å². The van der Waals surface area contributed by atoms with Crippen LogP contribution in [-0.4, -0.2) is 23.6 Å². The van der Waals surface area contributed by atoms with E-state index in [-0.39, 0.29) is 10.7 Å². The third-order valence-electron chi connectivity index (χ3n) is 1.88. The summed E-state index contributed by atoms with van der Waals surface area (Å²) in [6, 6.07) is 2.76. The lowest BCUT2D eigenvalue weighted by Crippen LogP contribution is -2.28. The highest BCUT2D eigenvalue weighted by Gasteiger charge is 2.26. The van der Waals surface area contributed by atoms with Gasteiger partial charge in [-0.15, -0.1) is 0 Å². The molecule has 1 amide bonds. The van der Waals surface area contributed by atoms with Crippen molar-refractivity contribution >= 4 is 17.5 Å². The molecule has 0 aliphatic heterocycles. The molecule has 1 heterocycles. The van der Waals surface area contributed by atoms with Gasteiger partial charge in [0.2, 0.25) is 0 Å². The van der Waals surface area contributed by atoms with Crippen LogP contribution in [0.25, 0.3) is 0 Å². The van der Waals surface area contributed by atoms with Gasteiger partial charge in [0.15, 0.2) is 0 Å². The van der Waals surface area contributed by atoms with Crippen molar-refractivity contribution in [2.75, 3.05) is 6.54 Å². The Bertz CT molecular complexity index is 400. The van der Waals surface area contributed by atoms with E-state index >= 15 is 0 Å². The summed E-state index contributed by atoms with van der Waals surface area (Å²) in [5, 5.41) is 2.30. The van der Waals surface area contributed by atoms with Crippen LogP contribution in [0.5, 0.6) is 0 Å². The average molecular weight is 267 g/mol. The smallest absolute Gasteiger partial charge is 0.352 e. The lowest BCUT2D eigenvalue weighted by Gasteiger charge is -2.08. The highest BCUT2D eigenvalue weighted by atomic mass is 35.5. The maximum atomic E-state index is 11.9. The predicted molar refractivity (Wildman–Crippen MR) is 57.0 cm³/mol. The summed E-state index contributed by atoms with van der Waals surface area (Å²) < 4.78 is 35.6. The van der Waals surface area contributed by atoms with Crippen molar-refractivity contribution in [3.05, 3.63) is 28.5 Å². The molecule has 1 aromatic heterocycles. The van der Waals surface area contributed by atoms with E-state index in [1.807, 2.05) is 0 Å². The lowest BCUT2D eigenvalue weighted by atomic mass is 10.2. The first-order valence-electron chi connectivity index (χ1n) is 4.77. The van der Waals surface area contributed by atoms with Crippen molar-refractivity contribution in [1.29, 1.82) is 0 Å². The third kappa shape index (κ3) is 5.04. The fourth-order valence-electron chi connectivity index (χ4n) is 1.18. The van der Waals surface area contributed by atoms with Crippen LogP contribution in [0.2, 0.25) is 5.15 Å². The first-order valence-corrected chi connectivity index (χ1v) is 5.15. The molecule has 0 aromatic carbocycles. The summed E-state index contributed by atoms with van der Waals surface area (Å²) in [6.07, 6.45) is -5.34. The normalized spacial score (nSPS) is 11.4. The number of aromatic nitrogens is 1. The van der Waals surface area contributed by atoms with Gasteiger partial charge in [0.25, 0.3) is 5.91 Å². The number of rotatable bonds is 3. The van der Waals surface area contributed by atoms with E-state index in [0.717, 1.165) is 0 Å². The molecular formula is C10H10ClF3N2O. The van der Waals surface area contributed by atoms with E-state index in [1.54, 1.807) is 6.92 Å². The summed E-state index contributed by atoms with van der Waals surface area (Å²) in [5.41, 5.74) is 0.725. The van der Waals surface area contributed by atoms with Crippen molar-refractivity contribution in [1.82, 2.24) is 10.3 Å². The molecule has 0 unspecified atom stereocenters. The topological polar surface area (TPSA) is 42.0 Å². The van der Waals surface area contributed by atoms with Crippen LogP contribution in [-0.2, 0) is 0 Å². The van der Waals surface area contributed by atoms with E-state index in [2.05, 4.69) is 10.3 Å². The molecule has 0 fully saturated rings. The summed E-state index contributed by atoms with van der Waals surface area (Å²) in [6.45, 7) is 1.18. The van der Waals surface area contributed by atoms with Crippen molar-refractivity contribution in [2.24, 2.45) is 0 Å². The highest BCUT2D eigenvalue weighted by molar-refractivity contribution is 6.29. The Balaban J connectivity index is 2.58. The largest absolute Gasteiger partial charge is 0.390 e. The molecule has 17 heavy (non-hydrogen) atoms. The second-order valence-electron chi connectivity index (χ2n) is 3.44. The fraction of sp³-hybridized carbons (Fsp3) is 0.400. The monoisotopic (exact) mass is 266 g/mol. The standard InChI is InChI=1S/C10H10ClF3N2O/c1-6-4-7(5-8(11)16-6)9(17)15-3-2-10(12,13)14/h4-5H,2-3H2,1H3,(H,15,17). The van der Waals surface area contributed by atoms with Gasteiger partial charge in [-0.05, 0) is 19.1 Å². The molecule has 1 rings (SSSR count). The van der Waals surface area contributed by atoms with Crippen LogP contribution in [0.3, 0.4) is 0 Å². The molecule has 0 saturated heterocycles. The SMILES string of the molecule is Cc1cc(C(=O)NCCC(F)(F)F)cc(Cl)n1. The van der Waals surface area contributed by atoms with E-state index in [4.69, 9.17) is 11.6 Å². The third-order valence-corrected chi connectivity index (χ3v) is 2.07. The molecular weight excluding hydrogens is 257 g/mol. The summed E-state index contributed by atoms with van der Waals surface area (Å²) >= 11 is 5.63. The van der Waals surface area contributed by atoms with E-state index < -0.39 is 25.0 Å². The number of hydrogen-bond donors (Lipinski definition) is 1. The summed E-state index contributed by atoms with van der Waals surface area (Å²) in [7, 11) is 0. The van der Waals surface area contributed by atoms with E-state index in [0.29, 0.717) is 5.69 Å². The zero-order valence-electron chi connectivity index (χ0n) is 8.94. The zero-order valence-corrected chi connectivity index (χ0v) is 9.69. The van der Waals surface area contributed by atoms with Crippen LogP contribution in [0.4, 0.5) is 13.2 Å². The Hall–Kier alpha value is -1.30. The van der Waals surface area contributed by atoms with Crippen LogP contribution in [0.15, 0.2) is 12.1 Å². The molecule has 0 atom stereocenters. The second-order valence-corrected chi connectivity index (χ2v) is 3.83. The number of halogens is 4. The molecule has 7 heteroatoms. The van der Waals surface area contributed by atoms with Gasteiger partial charge in [0, 0.05) is 17.8 Å². The number of nitrogens with one attached hydrogen (secondary N) is 1. The lowest BCUT2D eigenvalue weighted by molar-refractivity contribution is -0.132. The van der Waals surface area contributed by atoms with Crippen molar-refractivity contribution in [3.63, 3.8) is 0 Å². The van der Waals surface area contributed by atoms with Crippen LogP contribution in [0, 0.1) is 6.92 Å². The number of carbonyl (C=O) groups excluding carboxylic acids is 1. The highest BCUT2D eigenvalue weighted by Crippen LogP contribution is 2.18. The maximum absolute atomic E-state index is 11.9. The number of nitrogens with zero attached hydrogens (tertiary/aromatic N) is 1. The Kier molecular flexibility index (Phi) is 4.34. The van der Waals surface area contributed by atoms with Crippen LogP contribution >= 0.6 is 11.6 Å². The minimum Gasteiger partial charge on any atom is -0.352 e. The first kappa shape index (κ1) is 13.8. The quantitative estimate of drug-likeness (QED) is 0.855. The Morgan fingerprint density at radius 3 is 2.65 bits per heavy atom. The Morgan fingerprint density at radius 1 is 1.47 bits per heavy atom. The molecule has 1 N–H and O–H groups in total. The maximum Gasteiger partial charge on any atom is 0.390 e. The predicted octanol–water partition coefficient (Wildman–Crippen LogP) is 2.73. The molecule has 0 spiro atoms. The molecule has 1 aromatic rings. The molecule has 3 nitrogen and oxygen atoms in total. The van der Waals surface area contributed by atoms with Gasteiger partial charge in [-0.25, -0.2) is 4.98 Å². The minimum atomic E-state index is -4.28. The van der Waals surface area contributed by atoms with Gasteiger partial charge in [-0.1, -0.05) is 11.6 Å². The fourth-order valence-corrected chi connectivity index (χ4v) is 1.43. The summed E-state index contributed by atoms with van der Waals surface area (Å²) in [5.74, 6) is -0.596. The van der Waals surface area contributed by atoms with E-state index in [1.165, 1.54) is 12.1 Å². The first-order chi connectivity index (χ1) is 7.78. The number of pyridine rings is 1. The number of carbonyl (C=O) groups is 1. The number of aryl methyl sites for hydroxylation is 1. The molecule has 0 aliphatic carbocycles. The molecule has 0 aliphatic rings. The van der Waals surface area contributed by atoms with Crippen LogP contribution < -0.4 is 5.32 Å². The Labute approximate surface area is 101 Å².